The predicted molar refractivity (Wildman–Crippen MR) is 93.1 cm³/mol. The van der Waals surface area contributed by atoms with Crippen LogP contribution in [-0.4, -0.2) is 26.4 Å². The number of benzene rings is 1. The zero-order valence-electron chi connectivity index (χ0n) is 12.4. The number of halogens is 1. The third-order valence-corrected chi connectivity index (χ3v) is 4.78. The van der Waals surface area contributed by atoms with Crippen LogP contribution in [0.3, 0.4) is 0 Å². The molecule has 3 aromatic rings. The second-order valence-corrected chi connectivity index (χ2v) is 6.76. The first-order chi connectivity index (χ1) is 11.1. The fourth-order valence-electron chi connectivity index (χ4n) is 3.16. The number of nitrogens with zero attached hydrogens (tertiary/aromatic N) is 2. The number of hydrogen-bond donors (Lipinski definition) is 3. The van der Waals surface area contributed by atoms with Crippen LogP contribution in [0.5, 0.6) is 0 Å². The van der Waals surface area contributed by atoms with Crippen LogP contribution in [0.15, 0.2) is 33.7 Å². The zero-order valence-corrected chi connectivity index (χ0v) is 14.0. The van der Waals surface area contributed by atoms with Crippen molar-refractivity contribution in [2.75, 3.05) is 12.3 Å². The van der Waals surface area contributed by atoms with E-state index in [4.69, 9.17) is 5.73 Å². The summed E-state index contributed by atoms with van der Waals surface area (Å²) >= 11 is 3.52. The third kappa shape index (κ3) is 2.66. The summed E-state index contributed by atoms with van der Waals surface area (Å²) in [6.07, 6.45) is 2.79. The first kappa shape index (κ1) is 14.5. The first-order valence-electron chi connectivity index (χ1n) is 7.45. The molecule has 6 nitrogen and oxygen atoms in total. The van der Waals surface area contributed by atoms with Crippen molar-refractivity contribution < 1.29 is 0 Å². The Morgan fingerprint density at radius 1 is 1.39 bits per heavy atom. The number of aromatic nitrogens is 3. The van der Waals surface area contributed by atoms with E-state index in [0.29, 0.717) is 6.54 Å². The fraction of sp³-hybridized carbons (Fsp3) is 0.250. The lowest BCUT2D eigenvalue weighted by Gasteiger charge is -2.27. The highest BCUT2D eigenvalue weighted by molar-refractivity contribution is 9.10. The van der Waals surface area contributed by atoms with Crippen LogP contribution in [0.4, 0.5) is 5.95 Å². The number of nitrogens with two attached hydrogens (primary N) is 1. The van der Waals surface area contributed by atoms with Gasteiger partial charge in [-0.05, 0) is 23.8 Å². The Morgan fingerprint density at radius 3 is 3.13 bits per heavy atom. The van der Waals surface area contributed by atoms with Crippen LogP contribution in [0.1, 0.15) is 16.8 Å². The maximum absolute atomic E-state index is 12.1. The van der Waals surface area contributed by atoms with Gasteiger partial charge < -0.3 is 10.7 Å². The molecule has 0 amide bonds. The van der Waals surface area contributed by atoms with Gasteiger partial charge in [0, 0.05) is 47.6 Å². The molecular formula is C16H16BrN5O. The summed E-state index contributed by atoms with van der Waals surface area (Å²) in [5.41, 5.74) is 9.38. The molecule has 3 heterocycles. The average molecular weight is 374 g/mol. The van der Waals surface area contributed by atoms with E-state index in [2.05, 4.69) is 47.9 Å². The summed E-state index contributed by atoms with van der Waals surface area (Å²) in [4.78, 5) is 24.5. The Bertz CT molecular complexity index is 945. The van der Waals surface area contributed by atoms with Gasteiger partial charge >= 0.3 is 0 Å². The van der Waals surface area contributed by atoms with Gasteiger partial charge in [-0.3, -0.25) is 14.7 Å². The molecule has 2 aromatic heterocycles. The standard InChI is InChI=1S/C16H16BrN5O/c17-10-1-2-13-11(5-10)9(6-19-13)7-22-4-3-14-12(8-22)15(23)21-16(18)20-14/h1-2,5-6,19H,3-4,7-8H2,(H3,18,20,21,23). The Balaban J connectivity index is 1.62. The normalized spacial score (nSPS) is 15.0. The van der Waals surface area contributed by atoms with Crippen molar-refractivity contribution in [1.82, 2.24) is 19.9 Å². The first-order valence-corrected chi connectivity index (χ1v) is 8.25. The molecular weight excluding hydrogens is 358 g/mol. The number of rotatable bonds is 2. The minimum atomic E-state index is -0.126. The summed E-state index contributed by atoms with van der Waals surface area (Å²) in [5, 5.41) is 1.20. The van der Waals surface area contributed by atoms with Crippen molar-refractivity contribution in [3.8, 4) is 0 Å². The molecule has 4 N–H and O–H groups in total. The molecule has 118 valence electrons. The lowest BCUT2D eigenvalue weighted by atomic mass is 10.1. The predicted octanol–water partition coefficient (Wildman–Crippen LogP) is 2.15. The second-order valence-electron chi connectivity index (χ2n) is 5.84. The molecule has 0 bridgehead atoms. The van der Waals surface area contributed by atoms with Crippen LogP contribution >= 0.6 is 15.9 Å². The Labute approximate surface area is 140 Å². The summed E-state index contributed by atoms with van der Waals surface area (Å²) in [6.45, 7) is 2.25. The smallest absolute Gasteiger partial charge is 0.257 e. The van der Waals surface area contributed by atoms with Crippen molar-refractivity contribution in [3.05, 3.63) is 56.0 Å². The topological polar surface area (TPSA) is 90.8 Å². The van der Waals surface area contributed by atoms with Gasteiger partial charge in [-0.15, -0.1) is 0 Å². The summed E-state index contributed by atoms with van der Waals surface area (Å²) in [5.74, 6) is 0.198. The molecule has 0 atom stereocenters. The van der Waals surface area contributed by atoms with Gasteiger partial charge in [0.2, 0.25) is 5.95 Å². The van der Waals surface area contributed by atoms with E-state index in [1.807, 2.05) is 12.3 Å². The minimum Gasteiger partial charge on any atom is -0.369 e. The van der Waals surface area contributed by atoms with E-state index in [9.17, 15) is 4.79 Å². The number of nitrogen functional groups attached to an aromatic ring is 1. The van der Waals surface area contributed by atoms with Crippen molar-refractivity contribution in [1.29, 1.82) is 0 Å². The number of nitrogens with one attached hydrogen (secondary N) is 2. The number of anilines is 1. The third-order valence-electron chi connectivity index (χ3n) is 4.29. The molecule has 23 heavy (non-hydrogen) atoms. The van der Waals surface area contributed by atoms with E-state index >= 15 is 0 Å². The van der Waals surface area contributed by atoms with Crippen molar-refractivity contribution >= 4 is 32.8 Å². The van der Waals surface area contributed by atoms with E-state index in [1.165, 1.54) is 10.9 Å². The molecule has 1 aliphatic rings. The van der Waals surface area contributed by atoms with Crippen LogP contribution < -0.4 is 11.3 Å². The maximum Gasteiger partial charge on any atom is 0.257 e. The van der Waals surface area contributed by atoms with E-state index < -0.39 is 0 Å². The van der Waals surface area contributed by atoms with Gasteiger partial charge in [-0.1, -0.05) is 15.9 Å². The molecule has 0 spiro atoms. The number of fused-ring (bicyclic) bond motifs is 2. The molecule has 0 fully saturated rings. The van der Waals surface area contributed by atoms with Crippen LogP contribution in [0.25, 0.3) is 10.9 Å². The van der Waals surface area contributed by atoms with E-state index in [1.54, 1.807) is 0 Å². The van der Waals surface area contributed by atoms with Crippen LogP contribution in [0, 0.1) is 0 Å². The van der Waals surface area contributed by atoms with Gasteiger partial charge in [-0.2, -0.15) is 0 Å². The molecule has 0 saturated carbocycles. The van der Waals surface area contributed by atoms with Gasteiger partial charge in [-0.25, -0.2) is 4.98 Å². The molecule has 7 heteroatoms. The molecule has 1 aliphatic heterocycles. The Hall–Kier alpha value is -2.12. The molecule has 0 radical (unpaired) electrons. The highest BCUT2D eigenvalue weighted by Gasteiger charge is 2.21. The van der Waals surface area contributed by atoms with Crippen LogP contribution in [-0.2, 0) is 19.5 Å². The molecule has 1 aromatic carbocycles. The highest BCUT2D eigenvalue weighted by atomic mass is 79.9. The number of aromatic amines is 2. The Kier molecular flexibility index (Phi) is 3.46. The van der Waals surface area contributed by atoms with Gasteiger partial charge in [0.05, 0.1) is 11.3 Å². The van der Waals surface area contributed by atoms with Crippen molar-refractivity contribution in [3.63, 3.8) is 0 Å². The molecule has 0 unspecified atom stereocenters. The molecule has 0 aliphatic carbocycles. The summed E-state index contributed by atoms with van der Waals surface area (Å²) in [6, 6.07) is 6.20. The largest absolute Gasteiger partial charge is 0.369 e. The monoisotopic (exact) mass is 373 g/mol. The summed E-state index contributed by atoms with van der Waals surface area (Å²) < 4.78 is 1.06. The van der Waals surface area contributed by atoms with Crippen molar-refractivity contribution in [2.24, 2.45) is 0 Å². The molecule has 4 rings (SSSR count). The maximum atomic E-state index is 12.1. The lowest BCUT2D eigenvalue weighted by molar-refractivity contribution is 0.243. The molecule has 0 saturated heterocycles. The fourth-order valence-corrected chi connectivity index (χ4v) is 3.52. The average Bonchev–Trinajstić information content (AvgIpc) is 2.90. The van der Waals surface area contributed by atoms with Gasteiger partial charge in [0.15, 0.2) is 0 Å². The lowest BCUT2D eigenvalue weighted by Crippen LogP contribution is -2.35. The SMILES string of the molecule is Nc1nc2c(c(=O)[nH]1)CN(Cc1c[nH]c3ccc(Br)cc13)CC2. The van der Waals surface area contributed by atoms with Crippen LogP contribution in [0.2, 0.25) is 0 Å². The Morgan fingerprint density at radius 2 is 2.26 bits per heavy atom. The van der Waals surface area contributed by atoms with E-state index in [0.717, 1.165) is 40.8 Å². The number of H-pyrrole nitrogens is 2. The van der Waals surface area contributed by atoms with Gasteiger partial charge in [0.1, 0.15) is 0 Å². The van der Waals surface area contributed by atoms with Gasteiger partial charge in [0.25, 0.3) is 5.56 Å². The summed E-state index contributed by atoms with van der Waals surface area (Å²) in [7, 11) is 0. The zero-order chi connectivity index (χ0) is 16.0. The minimum absolute atomic E-state index is 0.126. The van der Waals surface area contributed by atoms with Crippen molar-refractivity contribution in [2.45, 2.75) is 19.5 Å². The van der Waals surface area contributed by atoms with E-state index in [-0.39, 0.29) is 11.5 Å². The second kappa shape index (κ2) is 5.50. The quantitative estimate of drug-likeness (QED) is 0.641. The highest BCUT2D eigenvalue weighted by Crippen LogP contribution is 2.25. The number of hydrogen-bond acceptors (Lipinski definition) is 4.